The maximum atomic E-state index is 3.29. The largest absolute Gasteiger partial charge is 0.313 e. The van der Waals surface area contributed by atoms with Gasteiger partial charge in [0.05, 0.1) is 0 Å². The van der Waals surface area contributed by atoms with E-state index in [1.54, 1.807) is 5.57 Å². The predicted octanol–water partition coefficient (Wildman–Crippen LogP) is 1.10. The first-order valence-corrected chi connectivity index (χ1v) is 3.82. The average Bonchev–Trinajstić information content (AvgIpc) is 1.88. The number of likely N-dealkylation sites (N-methyl/N-ethyl adjacent to an activating group) is 1. The van der Waals surface area contributed by atoms with Crippen LogP contribution in [-0.2, 0) is 0 Å². The maximum Gasteiger partial charge on any atom is 0.0187 e. The van der Waals surface area contributed by atoms with Crippen LogP contribution in [0.4, 0.5) is 0 Å². The Balaban J connectivity index is 0.000001000. The summed E-state index contributed by atoms with van der Waals surface area (Å²) in [4.78, 5) is 2.22. The zero-order chi connectivity index (χ0) is 7.40. The second-order valence-electron chi connectivity index (χ2n) is 3.05. The third-order valence-electron chi connectivity index (χ3n) is 1.68. The molecule has 0 spiro atoms. The Kier molecular flexibility index (Phi) is 5.16. The summed E-state index contributed by atoms with van der Waals surface area (Å²) in [6.07, 6.45) is 3.52. The molecule has 0 radical (unpaired) electrons. The summed E-state index contributed by atoms with van der Waals surface area (Å²) in [5.41, 5.74) is 1.57. The van der Waals surface area contributed by atoms with Gasteiger partial charge in [0.25, 0.3) is 0 Å². The second-order valence-corrected chi connectivity index (χ2v) is 3.05. The summed E-state index contributed by atoms with van der Waals surface area (Å²) in [6.45, 7) is 3.34. The van der Waals surface area contributed by atoms with Crippen LogP contribution < -0.4 is 5.32 Å². The van der Waals surface area contributed by atoms with Crippen molar-refractivity contribution in [3.63, 3.8) is 0 Å². The molecule has 0 saturated carbocycles. The van der Waals surface area contributed by atoms with E-state index in [1.165, 1.54) is 6.42 Å². The van der Waals surface area contributed by atoms with Gasteiger partial charge in [-0.05, 0) is 27.1 Å². The van der Waals surface area contributed by atoms with Crippen LogP contribution in [0.5, 0.6) is 0 Å². The van der Waals surface area contributed by atoms with E-state index in [1.807, 2.05) is 0 Å². The summed E-state index contributed by atoms with van der Waals surface area (Å²) in [5.74, 6) is 0. The van der Waals surface area contributed by atoms with Gasteiger partial charge in [0.2, 0.25) is 0 Å². The molecule has 1 aliphatic heterocycles. The molecule has 0 bridgehead atoms. The Labute approximate surface area is 70.3 Å². The van der Waals surface area contributed by atoms with Crippen LogP contribution in [0.25, 0.3) is 0 Å². The first-order valence-electron chi connectivity index (χ1n) is 3.82. The van der Waals surface area contributed by atoms with E-state index in [0.717, 1.165) is 19.6 Å². The van der Waals surface area contributed by atoms with Crippen LogP contribution in [0.2, 0.25) is 0 Å². The smallest absolute Gasteiger partial charge is 0.0187 e. The van der Waals surface area contributed by atoms with Gasteiger partial charge in [0, 0.05) is 13.1 Å². The van der Waals surface area contributed by atoms with Crippen molar-refractivity contribution >= 4 is 0 Å². The van der Waals surface area contributed by atoms with Crippen LogP contribution in [-0.4, -0.2) is 38.6 Å². The summed E-state index contributed by atoms with van der Waals surface area (Å²) in [7, 11) is 4.23. The van der Waals surface area contributed by atoms with Gasteiger partial charge in [-0.15, -0.1) is 0 Å². The predicted molar refractivity (Wildman–Crippen MR) is 50.9 cm³/mol. The van der Waals surface area contributed by atoms with Crippen LogP contribution in [0.15, 0.2) is 11.6 Å². The molecule has 1 heterocycles. The molecule has 1 N–H and O–H groups in total. The van der Waals surface area contributed by atoms with Crippen molar-refractivity contribution in [1.82, 2.24) is 10.2 Å². The monoisotopic (exact) mass is 156 g/mol. The molecule has 0 aromatic rings. The molecule has 0 atom stereocenters. The molecular formula is C9H20N2. The zero-order valence-corrected chi connectivity index (χ0v) is 6.85. The highest BCUT2D eigenvalue weighted by atomic mass is 15.1. The topological polar surface area (TPSA) is 15.3 Å². The Hall–Kier alpha value is -0.340. The standard InChI is InChI=1S/C8H16N2.CH4/c1-10(2)7-8-3-5-9-6-4-8;/h3,9H,4-7H2,1-2H3;1H4. The average molecular weight is 156 g/mol. The fourth-order valence-corrected chi connectivity index (χ4v) is 1.22. The van der Waals surface area contributed by atoms with Gasteiger partial charge >= 0.3 is 0 Å². The Morgan fingerprint density at radius 3 is 2.73 bits per heavy atom. The van der Waals surface area contributed by atoms with Crippen LogP contribution >= 0.6 is 0 Å². The number of hydrogen-bond donors (Lipinski definition) is 1. The maximum absolute atomic E-state index is 3.29. The van der Waals surface area contributed by atoms with Crippen molar-refractivity contribution in [2.24, 2.45) is 0 Å². The minimum atomic E-state index is 0. The highest BCUT2D eigenvalue weighted by Gasteiger charge is 2.02. The molecule has 1 aliphatic rings. The summed E-state index contributed by atoms with van der Waals surface area (Å²) in [5, 5.41) is 3.29. The fourth-order valence-electron chi connectivity index (χ4n) is 1.22. The molecule has 2 heteroatoms. The van der Waals surface area contributed by atoms with Crippen molar-refractivity contribution in [3.8, 4) is 0 Å². The molecule has 0 fully saturated rings. The summed E-state index contributed by atoms with van der Waals surface area (Å²) >= 11 is 0. The minimum Gasteiger partial charge on any atom is -0.313 e. The molecule has 0 saturated heterocycles. The zero-order valence-electron chi connectivity index (χ0n) is 6.85. The van der Waals surface area contributed by atoms with E-state index >= 15 is 0 Å². The van der Waals surface area contributed by atoms with E-state index in [4.69, 9.17) is 0 Å². The fraction of sp³-hybridized carbons (Fsp3) is 0.778. The van der Waals surface area contributed by atoms with Crippen molar-refractivity contribution in [2.75, 3.05) is 33.7 Å². The Bertz CT molecular complexity index is 128. The van der Waals surface area contributed by atoms with E-state index in [9.17, 15) is 0 Å². The third kappa shape index (κ3) is 4.17. The first kappa shape index (κ1) is 10.7. The minimum absolute atomic E-state index is 0. The van der Waals surface area contributed by atoms with E-state index in [2.05, 4.69) is 30.4 Å². The van der Waals surface area contributed by atoms with Crippen LogP contribution in [0.3, 0.4) is 0 Å². The molecule has 11 heavy (non-hydrogen) atoms. The van der Waals surface area contributed by atoms with Gasteiger partial charge in [-0.1, -0.05) is 19.1 Å². The molecule has 0 aliphatic carbocycles. The SMILES string of the molecule is C.CN(C)CC1=CCNCC1. The molecule has 0 aromatic heterocycles. The quantitative estimate of drug-likeness (QED) is 0.602. The van der Waals surface area contributed by atoms with E-state index in [-0.39, 0.29) is 7.43 Å². The molecular weight excluding hydrogens is 136 g/mol. The van der Waals surface area contributed by atoms with E-state index in [0.29, 0.717) is 0 Å². The molecule has 0 unspecified atom stereocenters. The molecule has 0 amide bonds. The number of hydrogen-bond acceptors (Lipinski definition) is 2. The van der Waals surface area contributed by atoms with Gasteiger partial charge in [-0.2, -0.15) is 0 Å². The third-order valence-corrected chi connectivity index (χ3v) is 1.68. The van der Waals surface area contributed by atoms with Gasteiger partial charge in [0.1, 0.15) is 0 Å². The molecule has 2 nitrogen and oxygen atoms in total. The van der Waals surface area contributed by atoms with Crippen molar-refractivity contribution in [2.45, 2.75) is 13.8 Å². The van der Waals surface area contributed by atoms with Crippen molar-refractivity contribution in [3.05, 3.63) is 11.6 Å². The Morgan fingerprint density at radius 1 is 1.55 bits per heavy atom. The lowest BCUT2D eigenvalue weighted by atomic mass is 10.1. The highest BCUT2D eigenvalue weighted by molar-refractivity contribution is 5.08. The van der Waals surface area contributed by atoms with Crippen molar-refractivity contribution < 1.29 is 0 Å². The molecule has 0 aromatic carbocycles. The van der Waals surface area contributed by atoms with E-state index < -0.39 is 0 Å². The summed E-state index contributed by atoms with van der Waals surface area (Å²) < 4.78 is 0. The molecule has 66 valence electrons. The van der Waals surface area contributed by atoms with Gasteiger partial charge < -0.3 is 10.2 Å². The molecule has 1 rings (SSSR count). The van der Waals surface area contributed by atoms with Gasteiger partial charge in [0.15, 0.2) is 0 Å². The highest BCUT2D eigenvalue weighted by Crippen LogP contribution is 2.03. The lowest BCUT2D eigenvalue weighted by Gasteiger charge is -2.17. The number of nitrogens with one attached hydrogen (secondary N) is 1. The second kappa shape index (κ2) is 5.33. The van der Waals surface area contributed by atoms with Gasteiger partial charge in [-0.25, -0.2) is 0 Å². The Morgan fingerprint density at radius 2 is 2.27 bits per heavy atom. The van der Waals surface area contributed by atoms with Crippen LogP contribution in [0.1, 0.15) is 13.8 Å². The number of rotatable bonds is 2. The lowest BCUT2D eigenvalue weighted by molar-refractivity contribution is 0.434. The normalized spacial score (nSPS) is 17.5. The summed E-state index contributed by atoms with van der Waals surface area (Å²) in [6, 6.07) is 0. The first-order chi connectivity index (χ1) is 4.79. The lowest BCUT2D eigenvalue weighted by Crippen LogP contribution is -2.25. The van der Waals surface area contributed by atoms with Crippen molar-refractivity contribution in [1.29, 1.82) is 0 Å². The number of nitrogens with zero attached hydrogens (tertiary/aromatic N) is 1. The van der Waals surface area contributed by atoms with Gasteiger partial charge in [-0.3, -0.25) is 0 Å². The van der Waals surface area contributed by atoms with Crippen LogP contribution in [0, 0.1) is 0 Å².